The summed E-state index contributed by atoms with van der Waals surface area (Å²) >= 11 is 0. The molecule has 1 atom stereocenters. The maximum atomic E-state index is 8.78. The fraction of sp³-hybridized carbons (Fsp3) is 0.895. The van der Waals surface area contributed by atoms with Gasteiger partial charge in [0.05, 0.1) is 6.61 Å². The van der Waals surface area contributed by atoms with Crippen LogP contribution in [0.4, 0.5) is 0 Å². The summed E-state index contributed by atoms with van der Waals surface area (Å²) in [4.78, 5) is 0. The van der Waals surface area contributed by atoms with Crippen LogP contribution in [0.15, 0.2) is 11.6 Å². The first-order valence-corrected chi connectivity index (χ1v) is 8.82. The molecule has 0 aromatic rings. The van der Waals surface area contributed by atoms with Gasteiger partial charge in [-0.05, 0) is 31.6 Å². The average molecular weight is 283 g/mol. The van der Waals surface area contributed by atoms with E-state index >= 15 is 0 Å². The van der Waals surface area contributed by atoms with Gasteiger partial charge in [-0.2, -0.15) is 0 Å². The minimum absolute atomic E-state index is 0.195. The van der Waals surface area contributed by atoms with Crippen LogP contribution in [0.1, 0.15) is 91.9 Å². The van der Waals surface area contributed by atoms with Crippen molar-refractivity contribution in [2.24, 2.45) is 11.8 Å². The minimum atomic E-state index is 0.195. The van der Waals surface area contributed by atoms with Gasteiger partial charge in [0.1, 0.15) is 0 Å². The molecule has 1 unspecified atom stereocenters. The van der Waals surface area contributed by atoms with Gasteiger partial charge in [0, 0.05) is 0 Å². The molecule has 0 fully saturated rings. The lowest BCUT2D eigenvalue weighted by molar-refractivity contribution is 0.341. The average Bonchev–Trinajstić information content (AvgIpc) is 2.37. The first kappa shape index (κ1) is 19.7. The zero-order valence-corrected chi connectivity index (χ0v) is 14.5. The Hall–Kier alpha value is -0.300. The molecule has 1 nitrogen and oxygen atoms in total. The third-order valence-electron chi connectivity index (χ3n) is 4.19. The Morgan fingerprint density at radius 3 is 2.10 bits per heavy atom. The molecule has 1 N–H and O–H groups in total. The molecule has 0 spiro atoms. The number of hydrogen-bond donors (Lipinski definition) is 1. The summed E-state index contributed by atoms with van der Waals surface area (Å²) in [7, 11) is 0. The second-order valence-corrected chi connectivity index (χ2v) is 6.97. The fourth-order valence-corrected chi connectivity index (χ4v) is 2.70. The van der Waals surface area contributed by atoms with Crippen molar-refractivity contribution in [1.29, 1.82) is 0 Å². The maximum absolute atomic E-state index is 8.78. The molecule has 0 rings (SSSR count). The molecule has 120 valence electrons. The molecular formula is C19H38O. The number of allylic oxidation sites excluding steroid dienone is 1. The standard InChI is InChI=1S/C19H38O/c1-17(2)11-10-14-18(3)12-8-6-5-7-9-13-19(4)15-16-20/h15,17-18,20H,5-14,16H2,1-4H3. The predicted octanol–water partition coefficient (Wildman–Crippen LogP) is 6.12. The number of hydrogen-bond acceptors (Lipinski definition) is 1. The van der Waals surface area contributed by atoms with Crippen LogP contribution in [0.25, 0.3) is 0 Å². The lowest BCUT2D eigenvalue weighted by Gasteiger charge is -2.12. The quantitative estimate of drug-likeness (QED) is 0.319. The van der Waals surface area contributed by atoms with E-state index in [-0.39, 0.29) is 6.61 Å². The van der Waals surface area contributed by atoms with Crippen LogP contribution in [0, 0.1) is 11.8 Å². The van der Waals surface area contributed by atoms with E-state index in [0.29, 0.717) is 0 Å². The predicted molar refractivity (Wildman–Crippen MR) is 91.0 cm³/mol. The van der Waals surface area contributed by atoms with Gasteiger partial charge in [-0.15, -0.1) is 0 Å². The molecule has 0 radical (unpaired) electrons. The van der Waals surface area contributed by atoms with E-state index in [2.05, 4.69) is 27.7 Å². The molecular weight excluding hydrogens is 244 g/mol. The van der Waals surface area contributed by atoms with E-state index in [0.717, 1.165) is 18.3 Å². The number of rotatable bonds is 13. The van der Waals surface area contributed by atoms with Crippen molar-refractivity contribution in [1.82, 2.24) is 0 Å². The van der Waals surface area contributed by atoms with Crippen LogP contribution in [0.5, 0.6) is 0 Å². The Morgan fingerprint density at radius 2 is 1.45 bits per heavy atom. The van der Waals surface area contributed by atoms with Gasteiger partial charge < -0.3 is 5.11 Å². The van der Waals surface area contributed by atoms with Gasteiger partial charge in [0.2, 0.25) is 0 Å². The van der Waals surface area contributed by atoms with Crippen molar-refractivity contribution in [2.45, 2.75) is 91.9 Å². The summed E-state index contributed by atoms with van der Waals surface area (Å²) in [5.41, 5.74) is 1.34. The van der Waals surface area contributed by atoms with Gasteiger partial charge in [0.15, 0.2) is 0 Å². The highest BCUT2D eigenvalue weighted by Crippen LogP contribution is 2.19. The van der Waals surface area contributed by atoms with Crippen molar-refractivity contribution in [3.63, 3.8) is 0 Å². The third kappa shape index (κ3) is 14.1. The monoisotopic (exact) mass is 282 g/mol. The van der Waals surface area contributed by atoms with E-state index in [9.17, 15) is 0 Å². The van der Waals surface area contributed by atoms with E-state index in [1.165, 1.54) is 63.4 Å². The Labute approximate surface area is 127 Å². The molecule has 0 aromatic carbocycles. The molecule has 0 amide bonds. The van der Waals surface area contributed by atoms with E-state index in [1.807, 2.05) is 6.08 Å². The molecule has 0 aliphatic rings. The van der Waals surface area contributed by atoms with Gasteiger partial charge in [-0.3, -0.25) is 0 Å². The second kappa shape index (κ2) is 13.7. The van der Waals surface area contributed by atoms with Gasteiger partial charge >= 0.3 is 0 Å². The molecule has 20 heavy (non-hydrogen) atoms. The molecule has 0 aromatic heterocycles. The van der Waals surface area contributed by atoms with Crippen molar-refractivity contribution in [2.75, 3.05) is 6.61 Å². The lowest BCUT2D eigenvalue weighted by atomic mass is 9.95. The summed E-state index contributed by atoms with van der Waals surface area (Å²) in [6, 6.07) is 0. The zero-order chi connectivity index (χ0) is 15.2. The van der Waals surface area contributed by atoms with E-state index < -0.39 is 0 Å². The van der Waals surface area contributed by atoms with Crippen molar-refractivity contribution in [3.8, 4) is 0 Å². The van der Waals surface area contributed by atoms with Crippen molar-refractivity contribution < 1.29 is 5.11 Å². The molecule has 0 aliphatic carbocycles. The van der Waals surface area contributed by atoms with Gasteiger partial charge in [0.25, 0.3) is 0 Å². The Morgan fingerprint density at radius 1 is 0.850 bits per heavy atom. The summed E-state index contributed by atoms with van der Waals surface area (Å²) < 4.78 is 0. The van der Waals surface area contributed by atoms with Crippen molar-refractivity contribution >= 4 is 0 Å². The topological polar surface area (TPSA) is 20.2 Å². The Kier molecular flexibility index (Phi) is 13.5. The summed E-state index contributed by atoms with van der Waals surface area (Å²) in [6.45, 7) is 9.38. The highest BCUT2D eigenvalue weighted by Gasteiger charge is 2.03. The second-order valence-electron chi connectivity index (χ2n) is 6.97. The van der Waals surface area contributed by atoms with Crippen LogP contribution in [0.3, 0.4) is 0 Å². The largest absolute Gasteiger partial charge is 0.392 e. The summed E-state index contributed by atoms with van der Waals surface area (Å²) in [5.74, 6) is 1.79. The first-order chi connectivity index (χ1) is 9.56. The fourth-order valence-electron chi connectivity index (χ4n) is 2.70. The Bertz CT molecular complexity index is 230. The van der Waals surface area contributed by atoms with Crippen LogP contribution in [0.2, 0.25) is 0 Å². The van der Waals surface area contributed by atoms with Crippen LogP contribution < -0.4 is 0 Å². The normalized spacial score (nSPS) is 14.0. The number of aliphatic hydroxyl groups is 1. The van der Waals surface area contributed by atoms with Crippen LogP contribution in [-0.2, 0) is 0 Å². The van der Waals surface area contributed by atoms with E-state index in [1.54, 1.807) is 0 Å². The van der Waals surface area contributed by atoms with Crippen molar-refractivity contribution in [3.05, 3.63) is 11.6 Å². The molecule has 1 heteroatoms. The smallest absolute Gasteiger partial charge is 0.0614 e. The third-order valence-corrected chi connectivity index (χ3v) is 4.19. The van der Waals surface area contributed by atoms with Gasteiger partial charge in [-0.25, -0.2) is 0 Å². The minimum Gasteiger partial charge on any atom is -0.392 e. The van der Waals surface area contributed by atoms with Crippen LogP contribution in [-0.4, -0.2) is 11.7 Å². The number of aliphatic hydroxyl groups excluding tert-OH is 1. The molecule has 0 saturated heterocycles. The first-order valence-electron chi connectivity index (χ1n) is 8.82. The molecule has 0 heterocycles. The zero-order valence-electron chi connectivity index (χ0n) is 14.5. The molecule has 0 saturated carbocycles. The molecule has 0 aliphatic heterocycles. The molecule has 0 bridgehead atoms. The lowest BCUT2D eigenvalue weighted by Crippen LogP contribution is -1.97. The SMILES string of the molecule is CC(=CCO)CCCCCCCC(C)CCCC(C)C. The van der Waals surface area contributed by atoms with E-state index in [4.69, 9.17) is 5.11 Å². The number of unbranched alkanes of at least 4 members (excludes halogenated alkanes) is 4. The van der Waals surface area contributed by atoms with Gasteiger partial charge in [-0.1, -0.05) is 83.8 Å². The highest BCUT2D eigenvalue weighted by atomic mass is 16.2. The summed E-state index contributed by atoms with van der Waals surface area (Å²) in [5, 5.41) is 8.78. The highest BCUT2D eigenvalue weighted by molar-refractivity contribution is 4.97. The van der Waals surface area contributed by atoms with Crippen LogP contribution >= 0.6 is 0 Å². The Balaban J connectivity index is 3.29. The summed E-state index contributed by atoms with van der Waals surface area (Å²) in [6.07, 6.45) is 15.6. The maximum Gasteiger partial charge on any atom is 0.0614 e.